The third-order valence-corrected chi connectivity index (χ3v) is 6.56. The van der Waals surface area contributed by atoms with Crippen LogP contribution in [0.4, 0.5) is 0 Å². The molecule has 1 heterocycles. The van der Waals surface area contributed by atoms with Crippen molar-refractivity contribution in [3.05, 3.63) is 80.3 Å². The molecule has 0 fully saturated rings. The van der Waals surface area contributed by atoms with Crippen molar-refractivity contribution in [1.82, 2.24) is 9.88 Å². The molecule has 0 radical (unpaired) electrons. The molecule has 3 rings (SSSR count). The number of benzene rings is 2. The number of aliphatic hydroxyl groups is 1. The predicted octanol–water partition coefficient (Wildman–Crippen LogP) is 5.86. The molecule has 7 heteroatoms. The molecule has 0 aliphatic rings. The molecule has 0 aliphatic carbocycles. The summed E-state index contributed by atoms with van der Waals surface area (Å²) < 4.78 is 6.05. The molecule has 1 N–H and O–H groups in total. The van der Waals surface area contributed by atoms with Crippen LogP contribution in [-0.2, 0) is 19.8 Å². The highest BCUT2D eigenvalue weighted by Gasteiger charge is 2.25. The highest BCUT2D eigenvalue weighted by molar-refractivity contribution is 7.09. The fourth-order valence-electron chi connectivity index (χ4n) is 3.33. The molecule has 0 saturated carbocycles. The SMILES string of the molecule is Cc1cccc(C(=O)N(Cc2cc(Cl)ccc2OCc2nc(CO)cs2)C(C)C(C)C)c1. The Hall–Kier alpha value is -2.41. The standard InChI is InChI=1S/C25H29ClN2O3S/c1-16(2)18(4)28(25(30)19-7-5-6-17(3)10-19)12-20-11-21(26)8-9-23(20)31-14-24-27-22(13-29)15-32-24/h5-11,15-16,18,29H,12-14H2,1-4H3. The maximum Gasteiger partial charge on any atom is 0.254 e. The van der Waals surface area contributed by atoms with Crippen molar-refractivity contribution in [3.63, 3.8) is 0 Å². The lowest BCUT2D eigenvalue weighted by molar-refractivity contribution is 0.0625. The van der Waals surface area contributed by atoms with Gasteiger partial charge in [0.2, 0.25) is 0 Å². The van der Waals surface area contributed by atoms with Gasteiger partial charge in [-0.1, -0.05) is 43.1 Å². The first-order valence-corrected chi connectivity index (χ1v) is 11.9. The first-order valence-electron chi connectivity index (χ1n) is 10.6. The van der Waals surface area contributed by atoms with E-state index in [4.69, 9.17) is 16.3 Å². The average Bonchev–Trinajstić information content (AvgIpc) is 3.24. The number of hydrogen-bond donors (Lipinski definition) is 1. The fraction of sp³-hybridized carbons (Fsp3) is 0.360. The minimum atomic E-state index is -0.0915. The molecule has 1 aromatic heterocycles. The van der Waals surface area contributed by atoms with Gasteiger partial charge in [0, 0.05) is 34.1 Å². The van der Waals surface area contributed by atoms with Crippen LogP contribution in [0, 0.1) is 12.8 Å². The highest BCUT2D eigenvalue weighted by Crippen LogP contribution is 2.28. The molecule has 5 nitrogen and oxygen atoms in total. The summed E-state index contributed by atoms with van der Waals surface area (Å²) in [5, 5.41) is 12.4. The molecule has 1 atom stereocenters. The van der Waals surface area contributed by atoms with E-state index in [0.29, 0.717) is 28.6 Å². The summed E-state index contributed by atoms with van der Waals surface area (Å²) >= 11 is 7.74. The second-order valence-corrected chi connectivity index (χ2v) is 9.60. The van der Waals surface area contributed by atoms with Crippen LogP contribution < -0.4 is 4.74 Å². The number of carbonyl (C=O) groups excluding carboxylic acids is 1. The molecule has 32 heavy (non-hydrogen) atoms. The van der Waals surface area contributed by atoms with Gasteiger partial charge in [-0.05, 0) is 50.1 Å². The van der Waals surface area contributed by atoms with Crippen LogP contribution in [0.15, 0.2) is 47.8 Å². The number of hydrogen-bond acceptors (Lipinski definition) is 5. The Labute approximate surface area is 198 Å². The third-order valence-electron chi connectivity index (χ3n) is 5.46. The smallest absolute Gasteiger partial charge is 0.254 e. The molecule has 0 saturated heterocycles. The van der Waals surface area contributed by atoms with Crippen molar-refractivity contribution in [2.75, 3.05) is 0 Å². The Balaban J connectivity index is 1.87. The maximum absolute atomic E-state index is 13.5. The number of amides is 1. The Bertz CT molecular complexity index is 1070. The Kier molecular flexibility index (Phi) is 8.29. The van der Waals surface area contributed by atoms with Gasteiger partial charge in [0.15, 0.2) is 0 Å². The second-order valence-electron chi connectivity index (χ2n) is 8.22. The average molecular weight is 473 g/mol. The predicted molar refractivity (Wildman–Crippen MR) is 129 cm³/mol. The van der Waals surface area contributed by atoms with E-state index in [-0.39, 0.29) is 31.1 Å². The number of aliphatic hydroxyl groups excluding tert-OH is 1. The summed E-state index contributed by atoms with van der Waals surface area (Å²) in [6, 6.07) is 13.1. The fourth-order valence-corrected chi connectivity index (χ4v) is 4.22. The van der Waals surface area contributed by atoms with Crippen LogP contribution in [-0.4, -0.2) is 26.9 Å². The number of thiazole rings is 1. The van der Waals surface area contributed by atoms with Crippen molar-refractivity contribution in [3.8, 4) is 5.75 Å². The maximum atomic E-state index is 13.5. The molecule has 2 aromatic carbocycles. The molecule has 1 unspecified atom stereocenters. The van der Waals surface area contributed by atoms with Crippen LogP contribution in [0.3, 0.4) is 0 Å². The minimum Gasteiger partial charge on any atom is -0.486 e. The lowest BCUT2D eigenvalue weighted by Gasteiger charge is -2.33. The number of carbonyl (C=O) groups is 1. The summed E-state index contributed by atoms with van der Waals surface area (Å²) in [5.41, 5.74) is 3.18. The van der Waals surface area contributed by atoms with Gasteiger partial charge >= 0.3 is 0 Å². The number of aryl methyl sites for hydroxylation is 1. The van der Waals surface area contributed by atoms with Crippen LogP contribution in [0.1, 0.15) is 53.0 Å². The van der Waals surface area contributed by atoms with Crippen LogP contribution in [0.2, 0.25) is 5.02 Å². The number of ether oxygens (including phenoxy) is 1. The van der Waals surface area contributed by atoms with Gasteiger partial charge in [-0.3, -0.25) is 4.79 Å². The van der Waals surface area contributed by atoms with E-state index in [1.807, 2.05) is 53.6 Å². The van der Waals surface area contributed by atoms with Crippen molar-refractivity contribution in [1.29, 1.82) is 0 Å². The normalized spacial score (nSPS) is 12.1. The monoisotopic (exact) mass is 472 g/mol. The Morgan fingerprint density at radius 2 is 2.00 bits per heavy atom. The Morgan fingerprint density at radius 3 is 2.66 bits per heavy atom. The van der Waals surface area contributed by atoms with E-state index < -0.39 is 0 Å². The van der Waals surface area contributed by atoms with Gasteiger partial charge in [0.25, 0.3) is 5.91 Å². The van der Waals surface area contributed by atoms with Crippen molar-refractivity contribution in [2.24, 2.45) is 5.92 Å². The Morgan fingerprint density at radius 1 is 1.22 bits per heavy atom. The highest BCUT2D eigenvalue weighted by atomic mass is 35.5. The van der Waals surface area contributed by atoms with Gasteiger partial charge in [0.05, 0.1) is 12.3 Å². The summed E-state index contributed by atoms with van der Waals surface area (Å²) in [5.74, 6) is 0.918. The summed E-state index contributed by atoms with van der Waals surface area (Å²) in [4.78, 5) is 19.7. The van der Waals surface area contributed by atoms with Gasteiger partial charge in [-0.25, -0.2) is 4.98 Å². The van der Waals surface area contributed by atoms with Crippen LogP contribution >= 0.6 is 22.9 Å². The molecular weight excluding hydrogens is 444 g/mol. The number of nitrogens with zero attached hydrogens (tertiary/aromatic N) is 2. The zero-order valence-electron chi connectivity index (χ0n) is 18.8. The van der Waals surface area contributed by atoms with E-state index in [9.17, 15) is 9.90 Å². The first kappa shape index (κ1) is 24.2. The topological polar surface area (TPSA) is 62.7 Å². The number of rotatable bonds is 9. The van der Waals surface area contributed by atoms with Crippen molar-refractivity contribution < 1.29 is 14.6 Å². The molecule has 0 aliphatic heterocycles. The van der Waals surface area contributed by atoms with E-state index in [1.165, 1.54) is 11.3 Å². The molecule has 1 amide bonds. The van der Waals surface area contributed by atoms with Crippen molar-refractivity contribution >= 4 is 28.8 Å². The molecule has 0 bridgehead atoms. The third kappa shape index (κ3) is 6.09. The van der Waals surface area contributed by atoms with E-state index in [2.05, 4.69) is 25.8 Å². The molecular formula is C25H29ClN2O3S. The van der Waals surface area contributed by atoms with Crippen LogP contribution in [0.5, 0.6) is 5.75 Å². The van der Waals surface area contributed by atoms with Gasteiger partial charge in [-0.15, -0.1) is 11.3 Å². The van der Waals surface area contributed by atoms with Gasteiger partial charge < -0.3 is 14.7 Å². The number of aromatic nitrogens is 1. The molecule has 3 aromatic rings. The van der Waals surface area contributed by atoms with E-state index >= 15 is 0 Å². The summed E-state index contributed by atoms with van der Waals surface area (Å²) in [6.07, 6.45) is 0. The first-order chi connectivity index (χ1) is 15.3. The minimum absolute atomic E-state index is 0.0147. The van der Waals surface area contributed by atoms with Crippen molar-refractivity contribution in [2.45, 2.75) is 53.5 Å². The van der Waals surface area contributed by atoms with E-state index in [1.54, 1.807) is 6.07 Å². The van der Waals surface area contributed by atoms with Crippen LogP contribution in [0.25, 0.3) is 0 Å². The largest absolute Gasteiger partial charge is 0.486 e. The quantitative estimate of drug-likeness (QED) is 0.423. The zero-order valence-corrected chi connectivity index (χ0v) is 20.4. The lowest BCUT2D eigenvalue weighted by atomic mass is 10.0. The van der Waals surface area contributed by atoms with E-state index in [0.717, 1.165) is 16.1 Å². The summed E-state index contributed by atoms with van der Waals surface area (Å²) in [6.45, 7) is 8.83. The van der Waals surface area contributed by atoms with Gasteiger partial charge in [0.1, 0.15) is 17.4 Å². The summed E-state index contributed by atoms with van der Waals surface area (Å²) in [7, 11) is 0. The molecule has 0 spiro atoms. The zero-order chi connectivity index (χ0) is 23.3. The van der Waals surface area contributed by atoms with Gasteiger partial charge in [-0.2, -0.15) is 0 Å². The lowest BCUT2D eigenvalue weighted by Crippen LogP contribution is -2.41. The number of halogens is 1. The second kappa shape index (κ2) is 10.9. The molecule has 170 valence electrons.